The molecule has 1 aromatic heterocycles. The van der Waals surface area contributed by atoms with E-state index in [1.807, 2.05) is 18.2 Å². The van der Waals surface area contributed by atoms with Gasteiger partial charge in [0.05, 0.1) is 17.1 Å². The smallest absolute Gasteiger partial charge is 0.241 e. The Morgan fingerprint density at radius 2 is 1.88 bits per heavy atom. The van der Waals surface area contributed by atoms with Gasteiger partial charge in [-0.2, -0.15) is 8.75 Å². The lowest BCUT2D eigenvalue weighted by Crippen LogP contribution is -2.45. The lowest BCUT2D eigenvalue weighted by atomic mass is 9.75. The van der Waals surface area contributed by atoms with Crippen LogP contribution in [0, 0.1) is 0 Å². The maximum absolute atomic E-state index is 13.9. The molecular formula is C25H25ClN4O3S. The first kappa shape index (κ1) is 22.9. The van der Waals surface area contributed by atoms with Crippen molar-refractivity contribution in [3.8, 4) is 0 Å². The first-order valence-corrected chi connectivity index (χ1v) is 12.6. The van der Waals surface area contributed by atoms with Crippen LogP contribution >= 0.6 is 23.3 Å². The second-order valence-electron chi connectivity index (χ2n) is 9.26. The van der Waals surface area contributed by atoms with Crippen LogP contribution in [0.25, 0.3) is 11.0 Å². The van der Waals surface area contributed by atoms with Crippen LogP contribution in [-0.4, -0.2) is 49.4 Å². The molecule has 3 aromatic rings. The zero-order valence-corrected chi connectivity index (χ0v) is 20.4. The van der Waals surface area contributed by atoms with Crippen molar-refractivity contribution in [1.82, 2.24) is 18.5 Å². The second kappa shape index (κ2) is 9.07. The Hall–Kier alpha value is -2.84. The van der Waals surface area contributed by atoms with Gasteiger partial charge >= 0.3 is 0 Å². The Morgan fingerprint density at radius 1 is 1.15 bits per heavy atom. The molecule has 34 heavy (non-hydrogen) atoms. The van der Waals surface area contributed by atoms with Gasteiger partial charge in [0.15, 0.2) is 0 Å². The molecule has 0 radical (unpaired) electrons. The molecule has 1 saturated heterocycles. The maximum atomic E-state index is 13.9. The van der Waals surface area contributed by atoms with Crippen molar-refractivity contribution in [2.75, 3.05) is 7.05 Å². The van der Waals surface area contributed by atoms with Crippen molar-refractivity contribution in [3.05, 3.63) is 58.6 Å². The number of fused-ring (bicyclic) bond motifs is 1. The molecular weight excluding hydrogens is 472 g/mol. The van der Waals surface area contributed by atoms with Crippen LogP contribution in [0.2, 0.25) is 5.02 Å². The van der Waals surface area contributed by atoms with Gasteiger partial charge < -0.3 is 4.90 Å². The molecule has 9 heteroatoms. The highest BCUT2D eigenvalue weighted by atomic mass is 35.5. The second-order valence-corrected chi connectivity index (χ2v) is 10.2. The molecule has 0 N–H and O–H groups in total. The predicted octanol–water partition coefficient (Wildman–Crippen LogP) is 4.33. The van der Waals surface area contributed by atoms with E-state index in [9.17, 15) is 14.4 Å². The standard InChI is InChI=1S/C25H25ClN4O3S/c1-29(15-16-10-11-20-21(12-16)28-34-27-20)22(31)13-25(18-8-4-5-9-19(18)26)14-23(32)30(24(25)33)17-6-2-3-7-17/h4-5,8-12,17H,2-3,6-7,13-15H2,1H3. The zero-order valence-electron chi connectivity index (χ0n) is 18.9. The number of hydrogen-bond acceptors (Lipinski definition) is 6. The van der Waals surface area contributed by atoms with Crippen LogP contribution in [0.3, 0.4) is 0 Å². The van der Waals surface area contributed by atoms with E-state index >= 15 is 0 Å². The molecule has 3 amide bonds. The Kier molecular flexibility index (Phi) is 6.12. The maximum Gasteiger partial charge on any atom is 0.241 e. The molecule has 2 aliphatic rings. The molecule has 1 aliphatic carbocycles. The molecule has 7 nitrogen and oxygen atoms in total. The fourth-order valence-electron chi connectivity index (χ4n) is 5.27. The van der Waals surface area contributed by atoms with Gasteiger partial charge in [0.25, 0.3) is 0 Å². The summed E-state index contributed by atoms with van der Waals surface area (Å²) in [6.07, 6.45) is 3.49. The minimum Gasteiger partial charge on any atom is -0.341 e. The summed E-state index contributed by atoms with van der Waals surface area (Å²) in [5.41, 5.74) is 1.80. The Balaban J connectivity index is 1.44. The normalized spacial score (nSPS) is 21.1. The average molecular weight is 497 g/mol. The van der Waals surface area contributed by atoms with Crippen molar-refractivity contribution in [2.45, 2.75) is 56.5 Å². The van der Waals surface area contributed by atoms with Crippen LogP contribution < -0.4 is 0 Å². The minimum atomic E-state index is -1.29. The van der Waals surface area contributed by atoms with Gasteiger partial charge in [-0.3, -0.25) is 19.3 Å². The zero-order chi connectivity index (χ0) is 23.9. The third-order valence-electron chi connectivity index (χ3n) is 7.05. The highest BCUT2D eigenvalue weighted by Gasteiger charge is 2.56. The van der Waals surface area contributed by atoms with Gasteiger partial charge in [0.1, 0.15) is 11.0 Å². The topological polar surface area (TPSA) is 83.5 Å². The molecule has 2 fully saturated rings. The van der Waals surface area contributed by atoms with Gasteiger partial charge in [-0.1, -0.05) is 48.7 Å². The quantitative estimate of drug-likeness (QED) is 0.474. The van der Waals surface area contributed by atoms with E-state index in [0.717, 1.165) is 54.0 Å². The monoisotopic (exact) mass is 496 g/mol. The molecule has 0 spiro atoms. The molecule has 5 rings (SSSR count). The van der Waals surface area contributed by atoms with Crippen molar-refractivity contribution in [2.24, 2.45) is 0 Å². The Bertz CT molecular complexity index is 1270. The Morgan fingerprint density at radius 3 is 2.65 bits per heavy atom. The van der Waals surface area contributed by atoms with Gasteiger partial charge in [0, 0.05) is 37.5 Å². The average Bonchev–Trinajstić information content (AvgIpc) is 3.54. The van der Waals surface area contributed by atoms with Gasteiger partial charge in [0.2, 0.25) is 17.7 Å². The van der Waals surface area contributed by atoms with E-state index in [-0.39, 0.29) is 36.6 Å². The number of imide groups is 1. The Labute approximate surface area is 207 Å². The van der Waals surface area contributed by atoms with Gasteiger partial charge in [-0.05, 0) is 42.2 Å². The summed E-state index contributed by atoms with van der Waals surface area (Å²) in [6.45, 7) is 0.360. The number of aromatic nitrogens is 2. The largest absolute Gasteiger partial charge is 0.341 e. The highest BCUT2D eigenvalue weighted by Crippen LogP contribution is 2.45. The van der Waals surface area contributed by atoms with Crippen molar-refractivity contribution < 1.29 is 14.4 Å². The third-order valence-corrected chi connectivity index (χ3v) is 7.93. The SMILES string of the molecule is CN(Cc1ccc2nsnc2c1)C(=O)CC1(c2ccccc2Cl)CC(=O)N(C2CCCC2)C1=O. The summed E-state index contributed by atoms with van der Waals surface area (Å²) in [5, 5.41) is 0.397. The predicted molar refractivity (Wildman–Crippen MR) is 130 cm³/mol. The number of hydrogen-bond donors (Lipinski definition) is 0. The summed E-state index contributed by atoms with van der Waals surface area (Å²) in [7, 11) is 1.71. The molecule has 1 atom stereocenters. The third kappa shape index (κ3) is 3.99. The summed E-state index contributed by atoms with van der Waals surface area (Å²) in [6, 6.07) is 12.7. The minimum absolute atomic E-state index is 0.0396. The van der Waals surface area contributed by atoms with Gasteiger partial charge in [-0.15, -0.1) is 0 Å². The van der Waals surface area contributed by atoms with E-state index in [1.54, 1.807) is 36.2 Å². The van der Waals surface area contributed by atoms with E-state index in [2.05, 4.69) is 8.75 Å². The first-order valence-electron chi connectivity index (χ1n) is 11.5. The number of amides is 3. The first-order chi connectivity index (χ1) is 16.4. The van der Waals surface area contributed by atoms with Gasteiger partial charge in [-0.25, -0.2) is 0 Å². The molecule has 176 valence electrons. The number of benzene rings is 2. The fraction of sp³-hybridized carbons (Fsp3) is 0.400. The van der Waals surface area contributed by atoms with Crippen LogP contribution in [0.1, 0.15) is 49.7 Å². The summed E-state index contributed by atoms with van der Waals surface area (Å²) in [5.74, 6) is -0.728. The van der Waals surface area contributed by atoms with Crippen molar-refractivity contribution >= 4 is 52.1 Å². The molecule has 1 saturated carbocycles. The van der Waals surface area contributed by atoms with Crippen LogP contribution in [0.4, 0.5) is 0 Å². The molecule has 2 heterocycles. The van der Waals surface area contributed by atoms with Crippen LogP contribution in [0.15, 0.2) is 42.5 Å². The molecule has 1 aliphatic heterocycles. The lowest BCUT2D eigenvalue weighted by Gasteiger charge is -2.31. The number of carbonyl (C=O) groups is 3. The fourth-order valence-corrected chi connectivity index (χ4v) is 6.10. The molecule has 2 aromatic carbocycles. The number of nitrogens with zero attached hydrogens (tertiary/aromatic N) is 4. The van der Waals surface area contributed by atoms with Crippen LogP contribution in [0.5, 0.6) is 0 Å². The summed E-state index contributed by atoms with van der Waals surface area (Å²) < 4.78 is 8.48. The van der Waals surface area contributed by atoms with Crippen molar-refractivity contribution in [1.29, 1.82) is 0 Å². The number of halogens is 1. The highest BCUT2D eigenvalue weighted by molar-refractivity contribution is 7.00. The number of carbonyl (C=O) groups excluding carboxylic acids is 3. The van der Waals surface area contributed by atoms with E-state index in [4.69, 9.17) is 11.6 Å². The number of rotatable bonds is 6. The molecule has 1 unspecified atom stereocenters. The van der Waals surface area contributed by atoms with Crippen molar-refractivity contribution in [3.63, 3.8) is 0 Å². The van der Waals surface area contributed by atoms with E-state index in [0.29, 0.717) is 17.1 Å². The summed E-state index contributed by atoms with van der Waals surface area (Å²) >= 11 is 7.68. The molecule has 0 bridgehead atoms. The summed E-state index contributed by atoms with van der Waals surface area (Å²) in [4.78, 5) is 43.5. The lowest BCUT2D eigenvalue weighted by molar-refractivity contribution is -0.144. The van der Waals surface area contributed by atoms with E-state index in [1.165, 1.54) is 4.90 Å². The van der Waals surface area contributed by atoms with Crippen LogP contribution in [-0.2, 0) is 26.3 Å². The van der Waals surface area contributed by atoms with E-state index < -0.39 is 5.41 Å². The number of likely N-dealkylation sites (tertiary alicyclic amines) is 1.